The summed E-state index contributed by atoms with van der Waals surface area (Å²) < 4.78 is 5.36. The van der Waals surface area contributed by atoms with Crippen LogP contribution in [0.25, 0.3) is 0 Å². The van der Waals surface area contributed by atoms with Gasteiger partial charge in [-0.05, 0) is 42.9 Å². The molecule has 0 radical (unpaired) electrons. The third-order valence-electron chi connectivity index (χ3n) is 4.34. The highest BCUT2D eigenvalue weighted by molar-refractivity contribution is 8.00. The molecule has 1 unspecified atom stereocenters. The average Bonchev–Trinajstić information content (AvgIpc) is 2.70. The second-order valence-corrected chi connectivity index (χ2v) is 6.97. The lowest BCUT2D eigenvalue weighted by atomic mass is 10.0. The molecule has 0 saturated heterocycles. The van der Waals surface area contributed by atoms with Gasteiger partial charge < -0.3 is 10.1 Å². The first-order valence-corrected chi connectivity index (χ1v) is 9.99. The topological polar surface area (TPSA) is 41.6 Å². The number of methoxy groups -OCH3 is 1. The Balaban J connectivity index is 1.98. The van der Waals surface area contributed by atoms with Crippen LogP contribution in [0.5, 0.6) is 5.75 Å². The second-order valence-electron chi connectivity index (χ2n) is 5.92. The lowest BCUT2D eigenvalue weighted by Gasteiger charge is -2.30. The van der Waals surface area contributed by atoms with Crippen LogP contribution in [0.2, 0.25) is 0 Å². The SMILES string of the molecule is CCN(CC)C(CNC(=O)CSc1ccccc1)c1cccc(OC)c1. The maximum absolute atomic E-state index is 12.3. The van der Waals surface area contributed by atoms with E-state index in [9.17, 15) is 4.79 Å². The number of nitrogens with zero attached hydrogens (tertiary/aromatic N) is 1. The highest BCUT2D eigenvalue weighted by Gasteiger charge is 2.19. The van der Waals surface area contributed by atoms with Gasteiger partial charge in [0.25, 0.3) is 0 Å². The van der Waals surface area contributed by atoms with E-state index in [0.29, 0.717) is 12.3 Å². The number of benzene rings is 2. The summed E-state index contributed by atoms with van der Waals surface area (Å²) in [4.78, 5) is 15.8. The van der Waals surface area contributed by atoms with Crippen LogP contribution in [-0.4, -0.2) is 43.3 Å². The highest BCUT2D eigenvalue weighted by atomic mass is 32.2. The minimum Gasteiger partial charge on any atom is -0.497 e. The molecule has 0 spiro atoms. The van der Waals surface area contributed by atoms with Gasteiger partial charge in [-0.1, -0.05) is 44.2 Å². The summed E-state index contributed by atoms with van der Waals surface area (Å²) >= 11 is 1.56. The maximum atomic E-state index is 12.3. The van der Waals surface area contributed by atoms with E-state index in [1.165, 1.54) is 0 Å². The molecule has 2 rings (SSSR count). The lowest BCUT2D eigenvalue weighted by molar-refractivity contribution is -0.118. The molecule has 2 aromatic carbocycles. The van der Waals surface area contributed by atoms with Crippen LogP contribution in [-0.2, 0) is 4.79 Å². The number of thioether (sulfide) groups is 1. The van der Waals surface area contributed by atoms with Crippen molar-refractivity contribution in [3.05, 3.63) is 60.2 Å². The van der Waals surface area contributed by atoms with Gasteiger partial charge in [0.2, 0.25) is 5.91 Å². The standard InChI is InChI=1S/C21H28N2O2S/c1-4-23(5-2)20(17-10-9-11-18(14-17)25-3)15-22-21(24)16-26-19-12-7-6-8-13-19/h6-14,20H,4-5,15-16H2,1-3H3,(H,22,24). The summed E-state index contributed by atoms with van der Waals surface area (Å²) in [6, 6.07) is 18.2. The van der Waals surface area contributed by atoms with E-state index >= 15 is 0 Å². The van der Waals surface area contributed by atoms with Crippen LogP contribution in [0.1, 0.15) is 25.5 Å². The molecule has 1 atom stereocenters. The molecular weight excluding hydrogens is 344 g/mol. The number of hydrogen-bond donors (Lipinski definition) is 1. The smallest absolute Gasteiger partial charge is 0.230 e. The van der Waals surface area contributed by atoms with E-state index in [-0.39, 0.29) is 11.9 Å². The van der Waals surface area contributed by atoms with Crippen molar-refractivity contribution in [2.24, 2.45) is 0 Å². The van der Waals surface area contributed by atoms with Crippen LogP contribution in [0.3, 0.4) is 0 Å². The van der Waals surface area contributed by atoms with Crippen molar-refractivity contribution >= 4 is 17.7 Å². The first-order chi connectivity index (χ1) is 12.7. The minimum atomic E-state index is 0.0545. The molecule has 0 aromatic heterocycles. The van der Waals surface area contributed by atoms with Crippen molar-refractivity contribution in [1.29, 1.82) is 0 Å². The van der Waals surface area contributed by atoms with E-state index in [0.717, 1.165) is 29.3 Å². The molecule has 0 bridgehead atoms. The molecule has 0 aliphatic rings. The Kier molecular flexibility index (Phi) is 8.51. The van der Waals surface area contributed by atoms with Gasteiger partial charge in [0.15, 0.2) is 0 Å². The van der Waals surface area contributed by atoms with Crippen molar-refractivity contribution < 1.29 is 9.53 Å². The van der Waals surface area contributed by atoms with Crippen LogP contribution in [0, 0.1) is 0 Å². The van der Waals surface area contributed by atoms with Gasteiger partial charge in [-0.2, -0.15) is 0 Å². The first-order valence-electron chi connectivity index (χ1n) is 9.00. The predicted octanol–water partition coefficient (Wildman–Crippen LogP) is 3.99. The van der Waals surface area contributed by atoms with Crippen molar-refractivity contribution in [2.45, 2.75) is 24.8 Å². The van der Waals surface area contributed by atoms with Crippen molar-refractivity contribution in [1.82, 2.24) is 10.2 Å². The third-order valence-corrected chi connectivity index (χ3v) is 5.35. The summed E-state index contributed by atoms with van der Waals surface area (Å²) in [5.41, 5.74) is 1.16. The van der Waals surface area contributed by atoms with Gasteiger partial charge in [-0.25, -0.2) is 0 Å². The molecule has 1 amide bonds. The number of amides is 1. The van der Waals surface area contributed by atoms with Gasteiger partial charge in [-0.15, -0.1) is 11.8 Å². The molecule has 1 N–H and O–H groups in total. The number of likely N-dealkylation sites (N-methyl/N-ethyl adjacent to an activating group) is 1. The van der Waals surface area contributed by atoms with E-state index in [1.54, 1.807) is 18.9 Å². The fraction of sp³-hybridized carbons (Fsp3) is 0.381. The van der Waals surface area contributed by atoms with Gasteiger partial charge in [0.05, 0.1) is 18.9 Å². The van der Waals surface area contributed by atoms with Crippen LogP contribution in [0.4, 0.5) is 0 Å². The predicted molar refractivity (Wildman–Crippen MR) is 109 cm³/mol. The molecule has 5 heteroatoms. The summed E-state index contributed by atoms with van der Waals surface area (Å²) in [5, 5.41) is 3.10. The quantitative estimate of drug-likeness (QED) is 0.641. The van der Waals surface area contributed by atoms with Gasteiger partial charge in [0, 0.05) is 11.4 Å². The second kappa shape index (κ2) is 10.9. The lowest BCUT2D eigenvalue weighted by Crippen LogP contribution is -2.38. The van der Waals surface area contributed by atoms with Crippen LogP contribution < -0.4 is 10.1 Å². The van der Waals surface area contributed by atoms with Crippen LogP contribution >= 0.6 is 11.8 Å². The van der Waals surface area contributed by atoms with Gasteiger partial charge in [0.1, 0.15) is 5.75 Å². The van der Waals surface area contributed by atoms with E-state index in [2.05, 4.69) is 30.1 Å². The van der Waals surface area contributed by atoms with E-state index in [4.69, 9.17) is 4.74 Å². The Morgan fingerprint density at radius 1 is 1.12 bits per heavy atom. The Labute approximate surface area is 160 Å². The largest absolute Gasteiger partial charge is 0.497 e. The van der Waals surface area contributed by atoms with Gasteiger partial charge in [-0.3, -0.25) is 9.69 Å². The normalized spacial score (nSPS) is 12.0. The maximum Gasteiger partial charge on any atom is 0.230 e. The Hall–Kier alpha value is -1.98. The third kappa shape index (κ3) is 6.07. The van der Waals surface area contributed by atoms with Crippen molar-refractivity contribution in [3.63, 3.8) is 0 Å². The number of rotatable bonds is 10. The first kappa shape index (κ1) is 20.3. The van der Waals surface area contributed by atoms with E-state index < -0.39 is 0 Å². The molecule has 2 aromatic rings. The summed E-state index contributed by atoms with van der Waals surface area (Å²) in [7, 11) is 1.67. The molecule has 0 saturated carbocycles. The molecule has 0 aliphatic heterocycles. The van der Waals surface area contributed by atoms with Crippen LogP contribution in [0.15, 0.2) is 59.5 Å². The highest BCUT2D eigenvalue weighted by Crippen LogP contribution is 2.24. The number of nitrogens with one attached hydrogen (secondary N) is 1. The fourth-order valence-electron chi connectivity index (χ4n) is 2.90. The van der Waals surface area contributed by atoms with Gasteiger partial charge >= 0.3 is 0 Å². The molecule has 0 heterocycles. The van der Waals surface area contributed by atoms with Crippen molar-refractivity contribution in [2.75, 3.05) is 32.5 Å². The Bertz CT molecular complexity index is 675. The zero-order chi connectivity index (χ0) is 18.8. The Morgan fingerprint density at radius 3 is 2.50 bits per heavy atom. The summed E-state index contributed by atoms with van der Waals surface area (Å²) in [6.45, 7) is 6.72. The average molecular weight is 373 g/mol. The number of hydrogen-bond acceptors (Lipinski definition) is 4. The Morgan fingerprint density at radius 2 is 1.85 bits per heavy atom. The molecular formula is C21H28N2O2S. The number of carbonyl (C=O) groups is 1. The fourth-order valence-corrected chi connectivity index (χ4v) is 3.65. The number of ether oxygens (including phenoxy) is 1. The number of carbonyl (C=O) groups excluding carboxylic acids is 1. The zero-order valence-corrected chi connectivity index (χ0v) is 16.6. The van der Waals surface area contributed by atoms with Crippen molar-refractivity contribution in [3.8, 4) is 5.75 Å². The summed E-state index contributed by atoms with van der Waals surface area (Å²) in [6.07, 6.45) is 0. The molecule has 140 valence electrons. The monoisotopic (exact) mass is 372 g/mol. The minimum absolute atomic E-state index is 0.0545. The molecule has 0 fully saturated rings. The molecule has 26 heavy (non-hydrogen) atoms. The zero-order valence-electron chi connectivity index (χ0n) is 15.8. The molecule has 0 aliphatic carbocycles. The van der Waals surface area contributed by atoms with E-state index in [1.807, 2.05) is 48.5 Å². The summed E-state index contributed by atoms with van der Waals surface area (Å²) in [5.74, 6) is 1.32. The molecule has 4 nitrogen and oxygen atoms in total.